The van der Waals surface area contributed by atoms with Crippen molar-refractivity contribution in [3.05, 3.63) is 0 Å². The average molecular weight is 144 g/mol. The molecule has 1 N–H and O–H groups in total. The van der Waals surface area contributed by atoms with Crippen molar-refractivity contribution in [2.24, 2.45) is 5.92 Å². The van der Waals surface area contributed by atoms with Gasteiger partial charge in [0.05, 0.1) is 5.60 Å². The van der Waals surface area contributed by atoms with Crippen molar-refractivity contribution in [2.75, 3.05) is 0 Å². The van der Waals surface area contributed by atoms with Crippen molar-refractivity contribution in [1.82, 2.24) is 0 Å². The summed E-state index contributed by atoms with van der Waals surface area (Å²) in [7, 11) is 0. The second-order valence-corrected chi connectivity index (χ2v) is 3.70. The summed E-state index contributed by atoms with van der Waals surface area (Å²) < 4.78 is 0. The van der Waals surface area contributed by atoms with Crippen LogP contribution in [0.2, 0.25) is 0 Å². The standard InChI is InChI=1S/C9H20O/c1-5-6-7-8(2)9(3,4)10/h8,10H,5-7H2,1-4H3. The molecule has 0 amide bonds. The summed E-state index contributed by atoms with van der Waals surface area (Å²) in [4.78, 5) is 0. The SMILES string of the molecule is CCCCC(C)C(C)(C)O. The largest absolute Gasteiger partial charge is 0.390 e. The van der Waals surface area contributed by atoms with Gasteiger partial charge in [-0.15, -0.1) is 0 Å². The maximum absolute atomic E-state index is 9.51. The maximum atomic E-state index is 9.51. The Hall–Kier alpha value is -0.0400. The molecule has 0 radical (unpaired) electrons. The lowest BCUT2D eigenvalue weighted by Crippen LogP contribution is -2.28. The Morgan fingerprint density at radius 2 is 1.90 bits per heavy atom. The minimum atomic E-state index is -0.491. The molecule has 0 bridgehead atoms. The molecule has 62 valence electrons. The van der Waals surface area contributed by atoms with Crippen LogP contribution in [-0.4, -0.2) is 10.7 Å². The Morgan fingerprint density at radius 3 is 2.20 bits per heavy atom. The van der Waals surface area contributed by atoms with Crippen LogP contribution in [0.15, 0.2) is 0 Å². The van der Waals surface area contributed by atoms with Crippen molar-refractivity contribution >= 4 is 0 Å². The van der Waals surface area contributed by atoms with E-state index >= 15 is 0 Å². The van der Waals surface area contributed by atoms with Gasteiger partial charge in [0.25, 0.3) is 0 Å². The first kappa shape index (κ1) is 9.96. The van der Waals surface area contributed by atoms with E-state index in [4.69, 9.17) is 0 Å². The van der Waals surface area contributed by atoms with Crippen LogP contribution >= 0.6 is 0 Å². The number of rotatable bonds is 4. The maximum Gasteiger partial charge on any atom is 0.0617 e. The molecular formula is C9H20O. The van der Waals surface area contributed by atoms with Crippen molar-refractivity contribution < 1.29 is 5.11 Å². The molecule has 0 aromatic heterocycles. The van der Waals surface area contributed by atoms with E-state index in [1.165, 1.54) is 12.8 Å². The molecule has 0 aromatic carbocycles. The van der Waals surface area contributed by atoms with E-state index in [0.717, 1.165) is 6.42 Å². The van der Waals surface area contributed by atoms with Crippen LogP contribution in [0.3, 0.4) is 0 Å². The number of hydrogen-bond acceptors (Lipinski definition) is 1. The van der Waals surface area contributed by atoms with Gasteiger partial charge in [-0.3, -0.25) is 0 Å². The van der Waals surface area contributed by atoms with Crippen LogP contribution in [0, 0.1) is 5.92 Å². The van der Waals surface area contributed by atoms with Crippen molar-refractivity contribution in [3.63, 3.8) is 0 Å². The normalized spacial score (nSPS) is 15.3. The molecule has 0 fully saturated rings. The van der Waals surface area contributed by atoms with Gasteiger partial charge in [-0.2, -0.15) is 0 Å². The fourth-order valence-corrected chi connectivity index (χ4v) is 0.864. The monoisotopic (exact) mass is 144 g/mol. The third-order valence-electron chi connectivity index (χ3n) is 2.20. The van der Waals surface area contributed by atoms with Crippen LogP contribution < -0.4 is 0 Å². The summed E-state index contributed by atoms with van der Waals surface area (Å²) in [6, 6.07) is 0. The van der Waals surface area contributed by atoms with Crippen LogP contribution in [0.5, 0.6) is 0 Å². The third kappa shape index (κ3) is 3.89. The van der Waals surface area contributed by atoms with Crippen LogP contribution in [0.1, 0.15) is 47.0 Å². The zero-order valence-corrected chi connectivity index (χ0v) is 7.65. The molecule has 1 unspecified atom stereocenters. The lowest BCUT2D eigenvalue weighted by atomic mass is 9.89. The van der Waals surface area contributed by atoms with E-state index in [1.54, 1.807) is 0 Å². The highest BCUT2D eigenvalue weighted by Crippen LogP contribution is 2.20. The Kier molecular flexibility index (Phi) is 3.95. The molecule has 0 rings (SSSR count). The quantitative estimate of drug-likeness (QED) is 0.643. The predicted octanol–water partition coefficient (Wildman–Crippen LogP) is 2.58. The fourth-order valence-electron chi connectivity index (χ4n) is 0.864. The molecule has 0 heterocycles. The molecule has 10 heavy (non-hydrogen) atoms. The molecule has 0 aromatic rings. The zero-order chi connectivity index (χ0) is 8.20. The molecule has 1 heteroatoms. The van der Waals surface area contributed by atoms with Crippen LogP contribution in [-0.2, 0) is 0 Å². The van der Waals surface area contributed by atoms with E-state index in [-0.39, 0.29) is 0 Å². The van der Waals surface area contributed by atoms with Gasteiger partial charge in [-0.1, -0.05) is 26.7 Å². The Morgan fingerprint density at radius 1 is 1.40 bits per heavy atom. The summed E-state index contributed by atoms with van der Waals surface area (Å²) in [5.74, 6) is 0.424. The van der Waals surface area contributed by atoms with E-state index in [0.29, 0.717) is 5.92 Å². The van der Waals surface area contributed by atoms with Gasteiger partial charge in [0.2, 0.25) is 0 Å². The zero-order valence-electron chi connectivity index (χ0n) is 7.65. The second-order valence-electron chi connectivity index (χ2n) is 3.70. The highest BCUT2D eigenvalue weighted by molar-refractivity contribution is 4.72. The van der Waals surface area contributed by atoms with Gasteiger partial charge >= 0.3 is 0 Å². The minimum Gasteiger partial charge on any atom is -0.390 e. The smallest absolute Gasteiger partial charge is 0.0617 e. The third-order valence-corrected chi connectivity index (χ3v) is 2.20. The van der Waals surface area contributed by atoms with Gasteiger partial charge in [0.15, 0.2) is 0 Å². The first-order valence-corrected chi connectivity index (χ1v) is 4.20. The summed E-state index contributed by atoms with van der Waals surface area (Å²) >= 11 is 0. The van der Waals surface area contributed by atoms with Crippen molar-refractivity contribution in [2.45, 2.75) is 52.6 Å². The second kappa shape index (κ2) is 3.97. The molecule has 0 saturated carbocycles. The lowest BCUT2D eigenvalue weighted by molar-refractivity contribution is 0.0205. The van der Waals surface area contributed by atoms with Gasteiger partial charge < -0.3 is 5.11 Å². The highest BCUT2D eigenvalue weighted by atomic mass is 16.3. The predicted molar refractivity (Wildman–Crippen MR) is 45.0 cm³/mol. The number of hydrogen-bond donors (Lipinski definition) is 1. The molecule has 1 atom stereocenters. The first-order chi connectivity index (χ1) is 4.48. The Labute approximate surface area is 64.5 Å². The van der Waals surface area contributed by atoms with Gasteiger partial charge in [-0.05, 0) is 26.2 Å². The van der Waals surface area contributed by atoms with Gasteiger partial charge in [-0.25, -0.2) is 0 Å². The number of aliphatic hydroxyl groups is 1. The minimum absolute atomic E-state index is 0.424. The summed E-state index contributed by atoms with van der Waals surface area (Å²) in [5, 5.41) is 9.51. The average Bonchev–Trinajstić information content (AvgIpc) is 1.80. The molecule has 1 nitrogen and oxygen atoms in total. The molecule has 0 aliphatic rings. The summed E-state index contributed by atoms with van der Waals surface area (Å²) in [5.41, 5.74) is -0.491. The highest BCUT2D eigenvalue weighted by Gasteiger charge is 2.20. The van der Waals surface area contributed by atoms with Gasteiger partial charge in [0.1, 0.15) is 0 Å². The van der Waals surface area contributed by atoms with E-state index in [9.17, 15) is 5.11 Å². The summed E-state index contributed by atoms with van der Waals surface area (Å²) in [6.45, 7) is 8.05. The topological polar surface area (TPSA) is 20.2 Å². The lowest BCUT2D eigenvalue weighted by Gasteiger charge is -2.25. The molecular weight excluding hydrogens is 124 g/mol. The Balaban J connectivity index is 3.52. The molecule has 0 spiro atoms. The van der Waals surface area contributed by atoms with E-state index in [2.05, 4.69) is 13.8 Å². The molecule has 0 saturated heterocycles. The van der Waals surface area contributed by atoms with Crippen LogP contribution in [0.4, 0.5) is 0 Å². The fraction of sp³-hybridized carbons (Fsp3) is 1.00. The van der Waals surface area contributed by atoms with Crippen molar-refractivity contribution in [1.29, 1.82) is 0 Å². The van der Waals surface area contributed by atoms with E-state index < -0.39 is 5.60 Å². The Bertz CT molecular complexity index is 81.2. The number of unbranched alkanes of at least 4 members (excludes halogenated alkanes) is 1. The summed E-state index contributed by atoms with van der Waals surface area (Å²) in [6.07, 6.45) is 3.59. The van der Waals surface area contributed by atoms with Gasteiger partial charge in [0, 0.05) is 0 Å². The van der Waals surface area contributed by atoms with Crippen molar-refractivity contribution in [3.8, 4) is 0 Å². The molecule has 0 aliphatic carbocycles. The van der Waals surface area contributed by atoms with E-state index in [1.807, 2.05) is 13.8 Å². The first-order valence-electron chi connectivity index (χ1n) is 4.20. The molecule has 0 aliphatic heterocycles. The van der Waals surface area contributed by atoms with Crippen LogP contribution in [0.25, 0.3) is 0 Å².